The summed E-state index contributed by atoms with van der Waals surface area (Å²) in [6, 6.07) is 11.5. The molecule has 0 fully saturated rings. The first-order valence-corrected chi connectivity index (χ1v) is 9.96. The zero-order valence-corrected chi connectivity index (χ0v) is 16.2. The number of aryl methyl sites for hydroxylation is 1. The van der Waals surface area contributed by atoms with Gasteiger partial charge in [-0.05, 0) is 42.3 Å². The number of halogens is 2. The summed E-state index contributed by atoms with van der Waals surface area (Å²) >= 11 is 0. The Morgan fingerprint density at radius 3 is 2.25 bits per heavy atom. The van der Waals surface area contributed by atoms with Crippen molar-refractivity contribution in [1.82, 2.24) is 4.90 Å². The molecule has 0 bridgehead atoms. The second-order valence-electron chi connectivity index (χ2n) is 6.05. The van der Waals surface area contributed by atoms with E-state index in [0.29, 0.717) is 5.69 Å². The van der Waals surface area contributed by atoms with Crippen molar-refractivity contribution >= 4 is 27.3 Å². The Labute approximate surface area is 162 Å². The summed E-state index contributed by atoms with van der Waals surface area (Å²) in [5.41, 5.74) is 1.70. The van der Waals surface area contributed by atoms with Crippen molar-refractivity contribution in [3.63, 3.8) is 0 Å². The summed E-state index contributed by atoms with van der Waals surface area (Å²) in [4.78, 5) is 25.2. The van der Waals surface area contributed by atoms with Gasteiger partial charge < -0.3 is 10.2 Å². The number of hydrogen-bond acceptors (Lipinski definition) is 4. The van der Waals surface area contributed by atoms with Crippen LogP contribution in [0.5, 0.6) is 0 Å². The van der Waals surface area contributed by atoms with Gasteiger partial charge in [0.25, 0.3) is 5.91 Å². The molecule has 0 spiro atoms. The van der Waals surface area contributed by atoms with Crippen LogP contribution in [0, 0.1) is 0 Å². The largest absolute Gasteiger partial charge is 0.341 e. The second kappa shape index (κ2) is 8.92. The van der Waals surface area contributed by atoms with Gasteiger partial charge in [-0.1, -0.05) is 25.1 Å². The van der Waals surface area contributed by atoms with Crippen molar-refractivity contribution in [2.45, 2.75) is 24.0 Å². The molecular weight excluding hydrogens is 390 g/mol. The monoisotopic (exact) mass is 410 g/mol. The topological polar surface area (TPSA) is 83.6 Å². The normalized spacial score (nSPS) is 11.3. The van der Waals surface area contributed by atoms with Gasteiger partial charge in [-0.3, -0.25) is 9.59 Å². The fourth-order valence-electron chi connectivity index (χ4n) is 2.54. The maximum Gasteiger partial charge on any atom is 0.341 e. The molecule has 0 aliphatic rings. The molecule has 6 nitrogen and oxygen atoms in total. The van der Waals surface area contributed by atoms with Gasteiger partial charge in [-0.15, -0.1) is 0 Å². The van der Waals surface area contributed by atoms with Crippen molar-refractivity contribution in [3.8, 4) is 0 Å². The fraction of sp³-hybridized carbons (Fsp3) is 0.263. The van der Waals surface area contributed by atoms with Gasteiger partial charge in [0.2, 0.25) is 15.7 Å². The van der Waals surface area contributed by atoms with Gasteiger partial charge in [0, 0.05) is 18.3 Å². The summed E-state index contributed by atoms with van der Waals surface area (Å²) in [6.07, 6.45) is 0.735. The highest BCUT2D eigenvalue weighted by Gasteiger charge is 2.26. The Hall–Kier alpha value is -2.81. The molecule has 0 heterocycles. The van der Waals surface area contributed by atoms with Gasteiger partial charge in [0.1, 0.15) is 0 Å². The molecule has 0 radical (unpaired) electrons. The number of amides is 2. The fourth-order valence-corrected chi connectivity index (χ4v) is 3.26. The molecule has 2 aromatic rings. The van der Waals surface area contributed by atoms with E-state index in [2.05, 4.69) is 5.32 Å². The number of carbonyl (C=O) groups is 2. The zero-order valence-electron chi connectivity index (χ0n) is 15.4. The Morgan fingerprint density at radius 2 is 1.68 bits per heavy atom. The lowest BCUT2D eigenvalue weighted by atomic mass is 10.1. The minimum Gasteiger partial charge on any atom is -0.332 e. The number of likely N-dealkylation sites (N-methyl/N-ethyl adjacent to an activating group) is 1. The predicted molar refractivity (Wildman–Crippen MR) is 101 cm³/mol. The van der Waals surface area contributed by atoms with Crippen LogP contribution in [-0.2, 0) is 21.1 Å². The third-order valence-corrected chi connectivity index (χ3v) is 5.46. The van der Waals surface area contributed by atoms with Crippen LogP contribution < -0.4 is 5.32 Å². The highest BCUT2D eigenvalue weighted by Crippen LogP contribution is 2.19. The molecule has 0 aromatic heterocycles. The van der Waals surface area contributed by atoms with Crippen LogP contribution >= 0.6 is 0 Å². The highest BCUT2D eigenvalue weighted by atomic mass is 32.2. The van der Waals surface area contributed by atoms with Gasteiger partial charge >= 0.3 is 5.76 Å². The quantitative estimate of drug-likeness (QED) is 0.761. The van der Waals surface area contributed by atoms with Crippen molar-refractivity contribution < 1.29 is 26.8 Å². The van der Waals surface area contributed by atoms with Gasteiger partial charge in [-0.2, -0.15) is 8.78 Å². The number of hydrogen-bond donors (Lipinski definition) is 1. The van der Waals surface area contributed by atoms with Crippen molar-refractivity contribution in [1.29, 1.82) is 0 Å². The Balaban J connectivity index is 2.05. The smallest absolute Gasteiger partial charge is 0.332 e. The van der Waals surface area contributed by atoms with E-state index in [1.54, 1.807) is 12.1 Å². The summed E-state index contributed by atoms with van der Waals surface area (Å²) in [5, 5.41) is 2.74. The average Bonchev–Trinajstić information content (AvgIpc) is 2.67. The van der Waals surface area contributed by atoms with Crippen LogP contribution in [0.3, 0.4) is 0 Å². The highest BCUT2D eigenvalue weighted by molar-refractivity contribution is 7.91. The number of rotatable bonds is 7. The maximum atomic E-state index is 12.6. The van der Waals surface area contributed by atoms with E-state index in [1.807, 2.05) is 19.1 Å². The first kappa shape index (κ1) is 21.5. The summed E-state index contributed by atoms with van der Waals surface area (Å²) in [7, 11) is -3.31. The van der Waals surface area contributed by atoms with Crippen LogP contribution in [-0.4, -0.2) is 44.5 Å². The van der Waals surface area contributed by atoms with Gasteiger partial charge in [0.15, 0.2) is 0 Å². The molecule has 2 rings (SSSR count). The Kier molecular flexibility index (Phi) is 6.85. The average molecular weight is 410 g/mol. The number of benzene rings is 2. The standard InChI is InChI=1S/C19H20F2N2O4S/c1-3-13-6-4-5-7-16(13)22-17(24)12-23(2)18(25)14-8-10-15(11-9-14)28(26,27)19(20)21/h4-11,19H,3,12H2,1-2H3,(H,22,24). The second-order valence-corrected chi connectivity index (χ2v) is 7.97. The number of alkyl halides is 2. The molecule has 150 valence electrons. The first-order valence-electron chi connectivity index (χ1n) is 8.42. The maximum absolute atomic E-state index is 12.6. The summed E-state index contributed by atoms with van der Waals surface area (Å²) in [6.45, 7) is 1.73. The summed E-state index contributed by atoms with van der Waals surface area (Å²) < 4.78 is 47.9. The molecular formula is C19H20F2N2O4S. The number of nitrogens with zero attached hydrogens (tertiary/aromatic N) is 1. The van der Waals surface area contributed by atoms with Crippen molar-refractivity contribution in [2.24, 2.45) is 0 Å². The molecule has 28 heavy (non-hydrogen) atoms. The Bertz CT molecular complexity index is 960. The van der Waals surface area contributed by atoms with E-state index in [-0.39, 0.29) is 12.1 Å². The van der Waals surface area contributed by atoms with E-state index in [1.165, 1.54) is 7.05 Å². The van der Waals surface area contributed by atoms with E-state index in [9.17, 15) is 26.8 Å². The van der Waals surface area contributed by atoms with Crippen LogP contribution in [0.25, 0.3) is 0 Å². The number of carbonyl (C=O) groups excluding carboxylic acids is 2. The number of nitrogens with one attached hydrogen (secondary N) is 1. The molecule has 0 aliphatic carbocycles. The van der Waals surface area contributed by atoms with Crippen LogP contribution in [0.15, 0.2) is 53.4 Å². The molecule has 2 amide bonds. The molecule has 0 aliphatic heterocycles. The predicted octanol–water partition coefficient (Wildman–Crippen LogP) is 2.96. The number of para-hydroxylation sites is 1. The van der Waals surface area contributed by atoms with Gasteiger partial charge in [0.05, 0.1) is 11.4 Å². The summed E-state index contributed by atoms with van der Waals surface area (Å²) in [5.74, 6) is -4.47. The van der Waals surface area contributed by atoms with Gasteiger partial charge in [-0.25, -0.2) is 8.42 Å². The van der Waals surface area contributed by atoms with Crippen LogP contribution in [0.4, 0.5) is 14.5 Å². The third kappa shape index (κ3) is 4.92. The number of anilines is 1. The number of sulfone groups is 1. The molecule has 1 N–H and O–H groups in total. The van der Waals surface area contributed by atoms with E-state index < -0.39 is 32.3 Å². The SMILES string of the molecule is CCc1ccccc1NC(=O)CN(C)C(=O)c1ccc(S(=O)(=O)C(F)F)cc1. The minimum absolute atomic E-state index is 0.0810. The molecule has 0 unspecified atom stereocenters. The van der Waals surface area contributed by atoms with E-state index in [4.69, 9.17) is 0 Å². The first-order chi connectivity index (χ1) is 13.2. The van der Waals surface area contributed by atoms with Crippen molar-refractivity contribution in [2.75, 3.05) is 18.9 Å². The van der Waals surface area contributed by atoms with E-state index >= 15 is 0 Å². The molecule has 0 atom stereocenters. The molecule has 0 saturated carbocycles. The Morgan fingerprint density at radius 1 is 1.07 bits per heavy atom. The molecule has 9 heteroatoms. The molecule has 2 aromatic carbocycles. The minimum atomic E-state index is -4.72. The van der Waals surface area contributed by atoms with E-state index in [0.717, 1.165) is 41.1 Å². The van der Waals surface area contributed by atoms with Crippen LogP contribution in [0.1, 0.15) is 22.8 Å². The van der Waals surface area contributed by atoms with Crippen molar-refractivity contribution in [3.05, 3.63) is 59.7 Å². The zero-order chi connectivity index (χ0) is 20.9. The lowest BCUT2D eigenvalue weighted by Crippen LogP contribution is -2.35. The molecule has 0 saturated heterocycles. The third-order valence-electron chi connectivity index (χ3n) is 4.06. The lowest BCUT2D eigenvalue weighted by molar-refractivity contribution is -0.116. The lowest BCUT2D eigenvalue weighted by Gasteiger charge is -2.18. The van der Waals surface area contributed by atoms with Crippen LogP contribution in [0.2, 0.25) is 0 Å².